The predicted octanol–water partition coefficient (Wildman–Crippen LogP) is 3.58. The average Bonchev–Trinajstić information content (AvgIpc) is 2.26. The van der Waals surface area contributed by atoms with E-state index in [1.54, 1.807) is 0 Å². The number of rotatable bonds is 6. The second-order valence-electron chi connectivity index (χ2n) is 5.05. The first-order chi connectivity index (χ1) is 8.65. The smallest absolute Gasteiger partial charge is 0.0611 e. The van der Waals surface area contributed by atoms with Crippen molar-refractivity contribution in [1.82, 2.24) is 5.32 Å². The quantitative estimate of drug-likeness (QED) is 0.863. The highest BCUT2D eigenvalue weighted by atomic mass is 35.5. The largest absolute Gasteiger partial charge is 0.379 e. The van der Waals surface area contributed by atoms with Crippen molar-refractivity contribution in [1.29, 1.82) is 0 Å². The lowest BCUT2D eigenvalue weighted by Gasteiger charge is -2.26. The van der Waals surface area contributed by atoms with Crippen molar-refractivity contribution in [3.8, 4) is 0 Å². The number of benzene rings is 1. The minimum atomic E-state index is 0.590. The fourth-order valence-electron chi connectivity index (χ4n) is 1.74. The molecule has 0 radical (unpaired) electrons. The van der Waals surface area contributed by atoms with Crippen LogP contribution in [-0.4, -0.2) is 25.0 Å². The molecule has 1 aromatic rings. The molecule has 100 valence electrons. The lowest BCUT2D eigenvalue weighted by molar-refractivity contribution is 0.0455. The fraction of sp³-hybridized carbons (Fsp3) is 0.571. The van der Waals surface area contributed by atoms with Crippen LogP contribution < -0.4 is 5.32 Å². The maximum absolute atomic E-state index is 6.08. The molecular weight excluding hydrogens is 266 g/mol. The van der Waals surface area contributed by atoms with Crippen molar-refractivity contribution in [2.45, 2.75) is 30.5 Å². The van der Waals surface area contributed by atoms with Crippen LogP contribution >= 0.6 is 23.4 Å². The summed E-state index contributed by atoms with van der Waals surface area (Å²) in [5.74, 6) is 0.674. The molecule has 0 atom stereocenters. The minimum Gasteiger partial charge on any atom is -0.379 e. The summed E-state index contributed by atoms with van der Waals surface area (Å²) in [6.45, 7) is 8.10. The molecule has 1 aliphatic heterocycles. The Kier molecular flexibility index (Phi) is 5.37. The summed E-state index contributed by atoms with van der Waals surface area (Å²) in [5, 5.41) is 4.88. The monoisotopic (exact) mass is 285 g/mol. The van der Waals surface area contributed by atoms with Crippen molar-refractivity contribution in [3.05, 3.63) is 28.8 Å². The van der Waals surface area contributed by atoms with Crippen molar-refractivity contribution in [2.24, 2.45) is 5.92 Å². The van der Waals surface area contributed by atoms with E-state index in [4.69, 9.17) is 16.3 Å². The van der Waals surface area contributed by atoms with Crippen LogP contribution in [0.25, 0.3) is 0 Å². The van der Waals surface area contributed by atoms with Gasteiger partial charge in [0.1, 0.15) is 0 Å². The molecule has 0 aromatic heterocycles. The minimum absolute atomic E-state index is 0.590. The van der Waals surface area contributed by atoms with Gasteiger partial charge in [-0.05, 0) is 30.2 Å². The van der Waals surface area contributed by atoms with Crippen LogP contribution in [0.2, 0.25) is 5.02 Å². The van der Waals surface area contributed by atoms with Gasteiger partial charge in [0.15, 0.2) is 0 Å². The van der Waals surface area contributed by atoms with Gasteiger partial charge in [0, 0.05) is 16.5 Å². The third-order valence-electron chi connectivity index (χ3n) is 2.80. The van der Waals surface area contributed by atoms with Gasteiger partial charge < -0.3 is 10.1 Å². The second kappa shape index (κ2) is 6.80. The number of halogens is 1. The average molecular weight is 286 g/mol. The zero-order chi connectivity index (χ0) is 13.0. The summed E-state index contributed by atoms with van der Waals surface area (Å²) in [4.78, 5) is 1.28. The van der Waals surface area contributed by atoms with E-state index in [0.29, 0.717) is 11.2 Å². The van der Waals surface area contributed by atoms with Gasteiger partial charge in [0.2, 0.25) is 0 Å². The first-order valence-corrected chi connectivity index (χ1v) is 7.64. The molecule has 2 nitrogen and oxygen atoms in total. The van der Waals surface area contributed by atoms with Gasteiger partial charge >= 0.3 is 0 Å². The first-order valence-electron chi connectivity index (χ1n) is 6.38. The van der Waals surface area contributed by atoms with E-state index in [9.17, 15) is 0 Å². The van der Waals surface area contributed by atoms with Crippen LogP contribution in [0.4, 0.5) is 0 Å². The molecule has 0 unspecified atom stereocenters. The van der Waals surface area contributed by atoms with Gasteiger partial charge in [-0.25, -0.2) is 0 Å². The van der Waals surface area contributed by atoms with Gasteiger partial charge in [-0.15, -0.1) is 11.8 Å². The fourth-order valence-corrected chi connectivity index (χ4v) is 3.15. The molecule has 1 fully saturated rings. The van der Waals surface area contributed by atoms with E-state index in [-0.39, 0.29) is 0 Å². The molecular formula is C14H20ClNOS. The molecule has 1 N–H and O–H groups in total. The Morgan fingerprint density at radius 1 is 1.44 bits per heavy atom. The Hall–Kier alpha value is -0.220. The van der Waals surface area contributed by atoms with Crippen LogP contribution in [0.1, 0.15) is 19.4 Å². The first kappa shape index (κ1) is 14.2. The highest BCUT2D eigenvalue weighted by Gasteiger charge is 2.20. The third kappa shape index (κ3) is 4.16. The molecule has 18 heavy (non-hydrogen) atoms. The molecule has 0 spiro atoms. The standard InChI is InChI=1S/C14H20ClNOS/c1-10(2)6-16-7-11-3-4-12(15)5-14(11)18-13-8-17-9-13/h3-5,10,13,16H,6-9H2,1-2H3. The molecule has 1 heterocycles. The summed E-state index contributed by atoms with van der Waals surface area (Å²) < 4.78 is 5.22. The molecule has 1 aliphatic rings. The van der Waals surface area contributed by atoms with Crippen LogP contribution in [0.3, 0.4) is 0 Å². The lowest BCUT2D eigenvalue weighted by atomic mass is 10.2. The SMILES string of the molecule is CC(C)CNCc1ccc(Cl)cc1SC1COC1. The highest BCUT2D eigenvalue weighted by Crippen LogP contribution is 2.32. The molecule has 2 rings (SSSR count). The van der Waals surface area contributed by atoms with Gasteiger partial charge in [-0.3, -0.25) is 0 Å². The Morgan fingerprint density at radius 3 is 2.83 bits per heavy atom. The zero-order valence-electron chi connectivity index (χ0n) is 10.9. The Bertz CT molecular complexity index is 393. The molecule has 0 saturated carbocycles. The predicted molar refractivity (Wildman–Crippen MR) is 78.5 cm³/mol. The van der Waals surface area contributed by atoms with Gasteiger partial charge in [-0.2, -0.15) is 0 Å². The topological polar surface area (TPSA) is 21.3 Å². The maximum atomic E-state index is 6.08. The molecule has 4 heteroatoms. The number of ether oxygens (including phenoxy) is 1. The van der Waals surface area contributed by atoms with E-state index in [1.165, 1.54) is 10.5 Å². The van der Waals surface area contributed by atoms with Gasteiger partial charge in [0.05, 0.1) is 18.5 Å². The number of nitrogens with one attached hydrogen (secondary N) is 1. The summed E-state index contributed by atoms with van der Waals surface area (Å²) in [5.41, 5.74) is 1.33. The molecule has 0 aliphatic carbocycles. The van der Waals surface area contributed by atoms with E-state index in [2.05, 4.69) is 31.3 Å². The zero-order valence-corrected chi connectivity index (χ0v) is 12.5. The Morgan fingerprint density at radius 2 is 2.22 bits per heavy atom. The van der Waals surface area contributed by atoms with Crippen LogP contribution in [0, 0.1) is 5.92 Å². The summed E-state index contributed by atoms with van der Waals surface area (Å²) >= 11 is 7.96. The molecule has 1 saturated heterocycles. The van der Waals surface area contributed by atoms with Crippen molar-refractivity contribution < 1.29 is 4.74 Å². The van der Waals surface area contributed by atoms with E-state index in [1.807, 2.05) is 17.8 Å². The number of thioether (sulfide) groups is 1. The molecule has 1 aromatic carbocycles. The van der Waals surface area contributed by atoms with E-state index < -0.39 is 0 Å². The van der Waals surface area contributed by atoms with Crippen LogP contribution in [0.15, 0.2) is 23.1 Å². The summed E-state index contributed by atoms with van der Waals surface area (Å²) in [6, 6.07) is 6.16. The van der Waals surface area contributed by atoms with Crippen molar-refractivity contribution in [2.75, 3.05) is 19.8 Å². The number of hydrogen-bond acceptors (Lipinski definition) is 3. The van der Waals surface area contributed by atoms with E-state index in [0.717, 1.165) is 31.3 Å². The van der Waals surface area contributed by atoms with Gasteiger partial charge in [0.25, 0.3) is 0 Å². The molecule has 0 bridgehead atoms. The summed E-state index contributed by atoms with van der Waals surface area (Å²) in [7, 11) is 0. The van der Waals surface area contributed by atoms with Crippen molar-refractivity contribution in [3.63, 3.8) is 0 Å². The maximum Gasteiger partial charge on any atom is 0.0611 e. The van der Waals surface area contributed by atoms with Gasteiger partial charge in [-0.1, -0.05) is 31.5 Å². The normalized spacial score (nSPS) is 16.0. The van der Waals surface area contributed by atoms with Crippen LogP contribution in [0.5, 0.6) is 0 Å². The number of hydrogen-bond donors (Lipinski definition) is 1. The van der Waals surface area contributed by atoms with E-state index >= 15 is 0 Å². The van der Waals surface area contributed by atoms with Crippen molar-refractivity contribution >= 4 is 23.4 Å². The third-order valence-corrected chi connectivity index (χ3v) is 4.27. The Labute approximate surface area is 118 Å². The molecule has 0 amide bonds. The summed E-state index contributed by atoms with van der Waals surface area (Å²) in [6.07, 6.45) is 0. The highest BCUT2D eigenvalue weighted by molar-refractivity contribution is 8.00. The Balaban J connectivity index is 1.97. The second-order valence-corrected chi connectivity index (χ2v) is 6.83. The van der Waals surface area contributed by atoms with Crippen LogP contribution in [-0.2, 0) is 11.3 Å². The lowest BCUT2D eigenvalue weighted by Crippen LogP contribution is -2.30.